The first-order valence-electron chi connectivity index (χ1n) is 7.74. The van der Waals surface area contributed by atoms with E-state index in [0.717, 1.165) is 50.5 Å². The van der Waals surface area contributed by atoms with E-state index in [2.05, 4.69) is 57.4 Å². The Labute approximate surface area is 126 Å². The van der Waals surface area contributed by atoms with Crippen molar-refractivity contribution in [1.82, 2.24) is 9.97 Å². The van der Waals surface area contributed by atoms with E-state index in [0.29, 0.717) is 0 Å². The van der Waals surface area contributed by atoms with Gasteiger partial charge in [0.25, 0.3) is 0 Å². The highest BCUT2D eigenvalue weighted by atomic mass is 15.2. The fourth-order valence-corrected chi connectivity index (χ4v) is 2.77. The third-order valence-electron chi connectivity index (χ3n) is 3.95. The van der Waals surface area contributed by atoms with Crippen LogP contribution >= 0.6 is 0 Å². The zero-order chi connectivity index (χ0) is 14.5. The number of hydrogen-bond donors (Lipinski definition) is 1. The average molecular weight is 282 g/mol. The summed E-state index contributed by atoms with van der Waals surface area (Å²) in [6.45, 7) is 5.13. The summed E-state index contributed by atoms with van der Waals surface area (Å²) in [6.07, 6.45) is 4.92. The Morgan fingerprint density at radius 1 is 1.10 bits per heavy atom. The fourth-order valence-electron chi connectivity index (χ4n) is 2.77. The SMILES string of the molecule is CCCNc1cc(N2CCc3ccccc3CC2)ncn1. The second-order valence-corrected chi connectivity index (χ2v) is 5.44. The molecule has 1 N–H and O–H groups in total. The van der Waals surface area contributed by atoms with Crippen LogP contribution in [-0.4, -0.2) is 29.6 Å². The van der Waals surface area contributed by atoms with Crippen LogP contribution in [0.3, 0.4) is 0 Å². The van der Waals surface area contributed by atoms with Crippen LogP contribution in [0.1, 0.15) is 24.5 Å². The Morgan fingerprint density at radius 2 is 1.81 bits per heavy atom. The van der Waals surface area contributed by atoms with Gasteiger partial charge in [0.05, 0.1) is 0 Å². The van der Waals surface area contributed by atoms with Gasteiger partial charge in [-0.3, -0.25) is 0 Å². The first-order valence-corrected chi connectivity index (χ1v) is 7.74. The molecule has 1 aromatic heterocycles. The van der Waals surface area contributed by atoms with Crippen molar-refractivity contribution >= 4 is 11.6 Å². The molecule has 2 heterocycles. The lowest BCUT2D eigenvalue weighted by Gasteiger charge is -2.21. The van der Waals surface area contributed by atoms with Crippen LogP contribution in [0.2, 0.25) is 0 Å². The maximum absolute atomic E-state index is 4.45. The van der Waals surface area contributed by atoms with Crippen LogP contribution in [0.4, 0.5) is 11.6 Å². The summed E-state index contributed by atoms with van der Waals surface area (Å²) in [5, 5.41) is 3.33. The van der Waals surface area contributed by atoms with Gasteiger partial charge in [-0.15, -0.1) is 0 Å². The van der Waals surface area contributed by atoms with Crippen molar-refractivity contribution < 1.29 is 0 Å². The summed E-state index contributed by atoms with van der Waals surface area (Å²) >= 11 is 0. The van der Waals surface area contributed by atoms with Crippen molar-refractivity contribution in [2.45, 2.75) is 26.2 Å². The van der Waals surface area contributed by atoms with E-state index in [1.54, 1.807) is 6.33 Å². The van der Waals surface area contributed by atoms with Gasteiger partial charge in [0.2, 0.25) is 0 Å². The van der Waals surface area contributed by atoms with Gasteiger partial charge in [0.15, 0.2) is 0 Å². The molecule has 0 radical (unpaired) electrons. The number of benzene rings is 1. The van der Waals surface area contributed by atoms with Gasteiger partial charge in [0, 0.05) is 25.7 Å². The lowest BCUT2D eigenvalue weighted by Crippen LogP contribution is -2.27. The molecule has 0 bridgehead atoms. The molecule has 0 fully saturated rings. The van der Waals surface area contributed by atoms with Crippen molar-refractivity contribution in [2.24, 2.45) is 0 Å². The summed E-state index contributed by atoms with van der Waals surface area (Å²) in [6, 6.07) is 10.8. The van der Waals surface area contributed by atoms with Gasteiger partial charge in [-0.2, -0.15) is 0 Å². The van der Waals surface area contributed by atoms with Gasteiger partial charge < -0.3 is 10.2 Å². The summed E-state index contributed by atoms with van der Waals surface area (Å²) in [5.41, 5.74) is 2.94. The fraction of sp³-hybridized carbons (Fsp3) is 0.412. The first-order chi connectivity index (χ1) is 10.4. The molecule has 3 rings (SSSR count). The van der Waals surface area contributed by atoms with E-state index in [4.69, 9.17) is 0 Å². The Kier molecular flexibility index (Phi) is 4.34. The Bertz CT molecular complexity index is 570. The smallest absolute Gasteiger partial charge is 0.134 e. The lowest BCUT2D eigenvalue weighted by molar-refractivity contribution is 0.788. The number of rotatable bonds is 4. The van der Waals surface area contributed by atoms with Crippen LogP contribution in [-0.2, 0) is 12.8 Å². The largest absolute Gasteiger partial charge is 0.370 e. The number of anilines is 2. The second kappa shape index (κ2) is 6.57. The Balaban J connectivity index is 1.73. The number of nitrogens with one attached hydrogen (secondary N) is 1. The average Bonchev–Trinajstić information content (AvgIpc) is 2.76. The second-order valence-electron chi connectivity index (χ2n) is 5.44. The molecule has 0 saturated carbocycles. The molecule has 0 amide bonds. The van der Waals surface area contributed by atoms with Crippen molar-refractivity contribution in [3.63, 3.8) is 0 Å². The maximum atomic E-state index is 4.45. The van der Waals surface area contributed by atoms with Crippen molar-refractivity contribution in [2.75, 3.05) is 29.9 Å². The molecule has 2 aromatic rings. The number of hydrogen-bond acceptors (Lipinski definition) is 4. The molecule has 21 heavy (non-hydrogen) atoms. The van der Waals surface area contributed by atoms with Crippen LogP contribution < -0.4 is 10.2 Å². The Morgan fingerprint density at radius 3 is 2.48 bits per heavy atom. The first kappa shape index (κ1) is 13.9. The Hall–Kier alpha value is -2.10. The molecule has 1 aromatic carbocycles. The van der Waals surface area contributed by atoms with E-state index >= 15 is 0 Å². The summed E-state index contributed by atoms with van der Waals surface area (Å²) in [7, 11) is 0. The molecule has 0 spiro atoms. The van der Waals surface area contributed by atoms with E-state index in [1.165, 1.54) is 11.1 Å². The predicted octanol–water partition coefficient (Wildman–Crippen LogP) is 2.90. The summed E-state index contributed by atoms with van der Waals surface area (Å²) < 4.78 is 0. The zero-order valence-corrected chi connectivity index (χ0v) is 12.5. The number of fused-ring (bicyclic) bond motifs is 1. The molecular formula is C17H22N4. The number of aromatic nitrogens is 2. The van der Waals surface area contributed by atoms with Gasteiger partial charge in [-0.05, 0) is 30.4 Å². The standard InChI is InChI=1S/C17H22N4/c1-2-9-18-16-12-17(20-13-19-16)21-10-7-14-5-3-4-6-15(14)8-11-21/h3-6,12-13H,2,7-11H2,1H3,(H,18,19,20). The minimum atomic E-state index is 0.920. The topological polar surface area (TPSA) is 41.0 Å². The highest BCUT2D eigenvalue weighted by molar-refractivity contribution is 5.49. The highest BCUT2D eigenvalue weighted by Crippen LogP contribution is 2.20. The third-order valence-corrected chi connectivity index (χ3v) is 3.95. The van der Waals surface area contributed by atoms with Crippen LogP contribution in [0.15, 0.2) is 36.7 Å². The van der Waals surface area contributed by atoms with Gasteiger partial charge >= 0.3 is 0 Å². The molecule has 0 saturated heterocycles. The van der Waals surface area contributed by atoms with Gasteiger partial charge in [-0.25, -0.2) is 9.97 Å². The summed E-state index contributed by atoms with van der Waals surface area (Å²) in [5.74, 6) is 1.94. The minimum absolute atomic E-state index is 0.920. The molecular weight excluding hydrogens is 260 g/mol. The van der Waals surface area contributed by atoms with E-state index < -0.39 is 0 Å². The third kappa shape index (κ3) is 3.32. The van der Waals surface area contributed by atoms with Crippen molar-refractivity contribution in [3.05, 3.63) is 47.8 Å². The molecule has 0 unspecified atom stereocenters. The van der Waals surface area contributed by atoms with Crippen molar-refractivity contribution in [1.29, 1.82) is 0 Å². The predicted molar refractivity (Wildman–Crippen MR) is 86.9 cm³/mol. The molecule has 0 aliphatic carbocycles. The zero-order valence-electron chi connectivity index (χ0n) is 12.5. The van der Waals surface area contributed by atoms with Gasteiger partial charge in [-0.1, -0.05) is 31.2 Å². The molecule has 0 atom stereocenters. The highest BCUT2D eigenvalue weighted by Gasteiger charge is 2.15. The normalized spacial score (nSPS) is 14.4. The maximum Gasteiger partial charge on any atom is 0.134 e. The molecule has 1 aliphatic heterocycles. The van der Waals surface area contributed by atoms with Crippen molar-refractivity contribution in [3.8, 4) is 0 Å². The molecule has 4 nitrogen and oxygen atoms in total. The van der Waals surface area contributed by atoms with E-state index in [-0.39, 0.29) is 0 Å². The van der Waals surface area contributed by atoms with E-state index in [9.17, 15) is 0 Å². The monoisotopic (exact) mass is 282 g/mol. The quantitative estimate of drug-likeness (QED) is 0.936. The lowest BCUT2D eigenvalue weighted by atomic mass is 10.0. The van der Waals surface area contributed by atoms with Crippen LogP contribution in [0.25, 0.3) is 0 Å². The van der Waals surface area contributed by atoms with Crippen LogP contribution in [0, 0.1) is 0 Å². The van der Waals surface area contributed by atoms with Crippen LogP contribution in [0.5, 0.6) is 0 Å². The minimum Gasteiger partial charge on any atom is -0.370 e. The molecule has 4 heteroatoms. The van der Waals surface area contributed by atoms with E-state index in [1.807, 2.05) is 0 Å². The van der Waals surface area contributed by atoms with Gasteiger partial charge in [0.1, 0.15) is 18.0 Å². The summed E-state index contributed by atoms with van der Waals surface area (Å²) in [4.78, 5) is 11.1. The molecule has 1 aliphatic rings. The number of nitrogens with zero attached hydrogens (tertiary/aromatic N) is 3. The molecule has 110 valence electrons.